The Kier molecular flexibility index (Phi) is 11.5. The van der Waals surface area contributed by atoms with Crippen LogP contribution in [-0.2, 0) is 38.1 Å². The van der Waals surface area contributed by atoms with Crippen LogP contribution in [0, 0.1) is 23.3 Å². The molecule has 0 aromatic heterocycles. The van der Waals surface area contributed by atoms with Crippen LogP contribution in [0.3, 0.4) is 0 Å². The molecule has 18 heteroatoms. The third kappa shape index (κ3) is 7.03. The first kappa shape index (κ1) is 39.5. The van der Waals surface area contributed by atoms with E-state index in [0.29, 0.717) is 12.1 Å². The van der Waals surface area contributed by atoms with E-state index < -0.39 is 95.8 Å². The van der Waals surface area contributed by atoms with Gasteiger partial charge in [-0.2, -0.15) is 0 Å². The Bertz CT molecular complexity index is 1930. The third-order valence-corrected chi connectivity index (χ3v) is 8.94. The molecule has 2 N–H and O–H groups in total. The minimum atomic E-state index is -1.88. The number of esters is 4. The minimum Gasteiger partial charge on any atom is -0.466 e. The maximum Gasteiger partial charge on any atom is 0.337 e. The SMILES string of the molecule is COC(=O)C1=C(CF)NC2=C(C(=O)OC2)[C@H]1c1cc(F)cc(F)c1[C@@H](C)F.COC(=O)C1=C(CF)NC2=C(C(=O)OC2)[C@H]1c1cc(F)cc(F)c1[C@H](C)F. The van der Waals surface area contributed by atoms with Crippen LogP contribution >= 0.6 is 0 Å². The third-order valence-electron chi connectivity index (χ3n) is 8.94. The highest BCUT2D eigenvalue weighted by molar-refractivity contribution is 6.02. The lowest BCUT2D eigenvalue weighted by Crippen LogP contribution is -2.32. The summed E-state index contributed by atoms with van der Waals surface area (Å²) in [4.78, 5) is 49.1. The van der Waals surface area contributed by atoms with Gasteiger partial charge >= 0.3 is 23.9 Å². The van der Waals surface area contributed by atoms with Crippen molar-refractivity contribution in [2.45, 2.75) is 38.0 Å². The molecular formula is C36H30F8N2O8. The Morgan fingerprint density at radius 1 is 0.704 bits per heavy atom. The molecule has 0 saturated heterocycles. The fourth-order valence-corrected chi connectivity index (χ4v) is 6.82. The van der Waals surface area contributed by atoms with Crippen molar-refractivity contribution >= 4 is 23.9 Å². The number of carbonyl (C=O) groups is 4. The summed E-state index contributed by atoms with van der Waals surface area (Å²) in [5.74, 6) is -11.1. The normalized spacial score (nSPS) is 20.2. The Balaban J connectivity index is 0.000000208. The Morgan fingerprint density at radius 2 is 1.06 bits per heavy atom. The van der Waals surface area contributed by atoms with E-state index in [4.69, 9.17) is 9.47 Å². The van der Waals surface area contributed by atoms with Gasteiger partial charge < -0.3 is 29.6 Å². The van der Waals surface area contributed by atoms with Crippen LogP contribution in [0.4, 0.5) is 35.1 Å². The molecule has 4 aliphatic heterocycles. The number of nitrogens with one attached hydrogen (secondary N) is 2. The van der Waals surface area contributed by atoms with Gasteiger partial charge in [0.15, 0.2) is 0 Å². The summed E-state index contributed by atoms with van der Waals surface area (Å²) in [7, 11) is 2.06. The molecule has 54 heavy (non-hydrogen) atoms. The van der Waals surface area contributed by atoms with Gasteiger partial charge in [0, 0.05) is 23.3 Å². The summed E-state index contributed by atoms with van der Waals surface area (Å²) in [6.07, 6.45) is -3.77. The molecule has 0 bridgehead atoms. The number of hydrogen-bond acceptors (Lipinski definition) is 10. The number of cyclic esters (lactones) is 2. The highest BCUT2D eigenvalue weighted by Gasteiger charge is 2.46. The van der Waals surface area contributed by atoms with E-state index in [1.54, 1.807) is 0 Å². The molecule has 0 unspecified atom stereocenters. The van der Waals surface area contributed by atoms with Crippen LogP contribution < -0.4 is 10.6 Å². The van der Waals surface area contributed by atoms with Gasteiger partial charge in [0.05, 0.1) is 71.1 Å². The quantitative estimate of drug-likeness (QED) is 0.194. The number of dihydropyridines is 2. The first-order valence-corrected chi connectivity index (χ1v) is 15.9. The second-order valence-electron chi connectivity index (χ2n) is 12.1. The van der Waals surface area contributed by atoms with Crippen LogP contribution in [0.5, 0.6) is 0 Å². The maximum atomic E-state index is 14.3. The molecule has 10 nitrogen and oxygen atoms in total. The molecule has 4 aliphatic rings. The van der Waals surface area contributed by atoms with Crippen molar-refractivity contribution in [3.8, 4) is 0 Å². The summed E-state index contributed by atoms with van der Waals surface area (Å²) in [5.41, 5.74) is -2.89. The number of alkyl halides is 4. The number of halogens is 8. The molecule has 0 amide bonds. The average molecular weight is 771 g/mol. The molecule has 0 radical (unpaired) electrons. The van der Waals surface area contributed by atoms with Gasteiger partial charge in [0.2, 0.25) is 0 Å². The van der Waals surface area contributed by atoms with E-state index >= 15 is 0 Å². The van der Waals surface area contributed by atoms with Crippen molar-refractivity contribution in [2.75, 3.05) is 40.8 Å². The number of carbonyl (C=O) groups excluding carboxylic acids is 4. The first-order valence-electron chi connectivity index (χ1n) is 15.9. The number of allylic oxidation sites excluding steroid dienone is 2. The number of methoxy groups -OCH3 is 2. The molecular weight excluding hydrogens is 740 g/mol. The highest BCUT2D eigenvalue weighted by atomic mass is 19.2. The van der Waals surface area contributed by atoms with Gasteiger partial charge in [0.25, 0.3) is 0 Å². The summed E-state index contributed by atoms with van der Waals surface area (Å²) >= 11 is 0. The van der Waals surface area contributed by atoms with Crippen molar-refractivity contribution in [1.82, 2.24) is 10.6 Å². The summed E-state index contributed by atoms with van der Waals surface area (Å²) in [5, 5.41) is 5.19. The molecule has 0 saturated carbocycles. The van der Waals surface area contributed by atoms with Crippen LogP contribution in [-0.4, -0.2) is 64.7 Å². The number of ether oxygens (including phenoxy) is 4. The molecule has 4 atom stereocenters. The van der Waals surface area contributed by atoms with E-state index in [1.165, 1.54) is 0 Å². The van der Waals surface area contributed by atoms with Crippen LogP contribution in [0.25, 0.3) is 0 Å². The van der Waals surface area contributed by atoms with Crippen molar-refractivity contribution in [1.29, 1.82) is 0 Å². The molecule has 2 aromatic rings. The van der Waals surface area contributed by atoms with Gasteiger partial charge in [0.1, 0.15) is 62.2 Å². The smallest absolute Gasteiger partial charge is 0.337 e. The lowest BCUT2D eigenvalue weighted by Gasteiger charge is -2.29. The van der Waals surface area contributed by atoms with Crippen LogP contribution in [0.2, 0.25) is 0 Å². The van der Waals surface area contributed by atoms with Crippen LogP contribution in [0.15, 0.2) is 69.3 Å². The molecule has 2 aromatic carbocycles. The van der Waals surface area contributed by atoms with Gasteiger partial charge in [-0.05, 0) is 37.1 Å². The zero-order valence-corrected chi connectivity index (χ0v) is 28.7. The number of hydrogen-bond donors (Lipinski definition) is 2. The lowest BCUT2D eigenvalue weighted by atomic mass is 9.78. The average Bonchev–Trinajstić information content (AvgIpc) is 3.69. The second kappa shape index (κ2) is 15.7. The molecule has 0 aliphatic carbocycles. The fourth-order valence-electron chi connectivity index (χ4n) is 6.82. The lowest BCUT2D eigenvalue weighted by molar-refractivity contribution is -0.138. The van der Waals surface area contributed by atoms with Crippen molar-refractivity contribution < 1.29 is 73.2 Å². The Labute approximate surface area is 301 Å². The Morgan fingerprint density at radius 3 is 1.35 bits per heavy atom. The van der Waals surface area contributed by atoms with Gasteiger partial charge in [-0.25, -0.2) is 54.3 Å². The standard InChI is InChI=1S/2C18H15F4NO4/c2*1-7(20)13-9(3-8(21)4-10(13)22)14-15(17(24)26-2)11(5-19)23-12-6-27-18(25)16(12)14/h2*3-4,7,14,23H,5-6H2,1-2H3/t7-,14+;7-,14-/m10/s1. The monoisotopic (exact) mass is 770 g/mol. The number of benzene rings is 2. The molecule has 0 spiro atoms. The zero-order valence-electron chi connectivity index (χ0n) is 28.7. The highest BCUT2D eigenvalue weighted by Crippen LogP contribution is 2.46. The first-order chi connectivity index (χ1) is 25.6. The summed E-state index contributed by atoms with van der Waals surface area (Å²) in [6, 6.07) is 2.63. The molecule has 288 valence electrons. The fraction of sp³-hybridized carbons (Fsp3) is 0.333. The second-order valence-corrected chi connectivity index (χ2v) is 12.1. The Hall–Kier alpha value is -5.68. The minimum absolute atomic E-state index is 0.139. The summed E-state index contributed by atoms with van der Waals surface area (Å²) < 4.78 is 131. The molecule has 4 heterocycles. The van der Waals surface area contributed by atoms with E-state index in [1.807, 2.05) is 0 Å². The van der Waals surface area contributed by atoms with E-state index in [0.717, 1.165) is 40.2 Å². The van der Waals surface area contributed by atoms with Crippen molar-refractivity contribution in [3.05, 3.63) is 115 Å². The predicted molar refractivity (Wildman–Crippen MR) is 170 cm³/mol. The predicted octanol–water partition coefficient (Wildman–Crippen LogP) is 5.78. The van der Waals surface area contributed by atoms with Gasteiger partial charge in [-0.3, -0.25) is 0 Å². The van der Waals surface area contributed by atoms with Gasteiger partial charge in [-0.1, -0.05) is 0 Å². The topological polar surface area (TPSA) is 129 Å². The van der Waals surface area contributed by atoms with Crippen LogP contribution in [0.1, 0.15) is 60.3 Å². The van der Waals surface area contributed by atoms with E-state index in [9.17, 15) is 54.3 Å². The molecule has 6 rings (SSSR count). The van der Waals surface area contributed by atoms with E-state index in [2.05, 4.69) is 20.1 Å². The van der Waals surface area contributed by atoms with E-state index in [-0.39, 0.29) is 69.4 Å². The van der Waals surface area contributed by atoms with Crippen molar-refractivity contribution in [3.63, 3.8) is 0 Å². The molecule has 0 fully saturated rings. The maximum absolute atomic E-state index is 14.3. The van der Waals surface area contributed by atoms with Gasteiger partial charge in [-0.15, -0.1) is 0 Å². The largest absolute Gasteiger partial charge is 0.466 e. The summed E-state index contributed by atoms with van der Waals surface area (Å²) in [6.45, 7) is -0.711. The zero-order chi connectivity index (χ0) is 39.8. The number of rotatable bonds is 8. The van der Waals surface area contributed by atoms with Crippen molar-refractivity contribution in [2.24, 2.45) is 0 Å².